The number of rotatable bonds is 6. The van der Waals surface area contributed by atoms with E-state index in [1.165, 1.54) is 41.3 Å². The zero-order valence-corrected chi connectivity index (χ0v) is 18.0. The van der Waals surface area contributed by atoms with Crippen molar-refractivity contribution in [2.45, 2.75) is 25.6 Å². The predicted octanol–water partition coefficient (Wildman–Crippen LogP) is 3.89. The summed E-state index contributed by atoms with van der Waals surface area (Å²) < 4.78 is 40.2. The van der Waals surface area contributed by atoms with E-state index >= 15 is 0 Å². The maximum atomic E-state index is 13.4. The van der Waals surface area contributed by atoms with Gasteiger partial charge in [0.2, 0.25) is 0 Å². The lowest BCUT2D eigenvalue weighted by atomic mass is 10.0. The highest BCUT2D eigenvalue weighted by Crippen LogP contribution is 2.39. The summed E-state index contributed by atoms with van der Waals surface area (Å²) in [4.78, 5) is 35.5. The molecule has 0 radical (unpaired) electrons. The van der Waals surface area contributed by atoms with Crippen molar-refractivity contribution in [3.05, 3.63) is 53.6 Å². The number of thiocarbonyl (C=S) groups is 1. The summed E-state index contributed by atoms with van der Waals surface area (Å²) in [6.45, 7) is 2.46. The smallest absolute Gasteiger partial charge is 0.417 e. The lowest BCUT2D eigenvalue weighted by Crippen LogP contribution is -2.44. The molecule has 1 aliphatic heterocycles. The number of alkyl halides is 3. The van der Waals surface area contributed by atoms with Crippen molar-refractivity contribution in [1.82, 2.24) is 0 Å². The van der Waals surface area contributed by atoms with Gasteiger partial charge in [0.05, 0.1) is 22.9 Å². The van der Waals surface area contributed by atoms with Crippen LogP contribution in [-0.4, -0.2) is 34.2 Å². The summed E-state index contributed by atoms with van der Waals surface area (Å²) in [5, 5.41) is 17.5. The van der Waals surface area contributed by atoms with Gasteiger partial charge in [0.25, 0.3) is 5.91 Å². The average molecular weight is 479 g/mol. The highest BCUT2D eigenvalue weighted by Gasteiger charge is 2.50. The minimum atomic E-state index is -4.79. The summed E-state index contributed by atoms with van der Waals surface area (Å²) in [7, 11) is 0. The van der Waals surface area contributed by atoms with Crippen LogP contribution in [0.1, 0.15) is 25.0 Å². The van der Waals surface area contributed by atoms with Gasteiger partial charge in [0.1, 0.15) is 5.54 Å². The monoisotopic (exact) mass is 479 g/mol. The molecule has 0 aromatic heterocycles. The van der Waals surface area contributed by atoms with Crippen molar-refractivity contribution in [3.8, 4) is 11.8 Å². The largest absolute Gasteiger partial charge is 0.479 e. The van der Waals surface area contributed by atoms with Crippen LogP contribution >= 0.6 is 12.2 Å². The van der Waals surface area contributed by atoms with E-state index < -0.39 is 41.3 Å². The quantitative estimate of drug-likeness (QED) is 0.378. The SMILES string of the molecule is CC1(C)C(=O)N(c2ccc(C#N)c(C(F)(F)F)c2)C(=S)N1c1ccc(OOCC(=O)O)cc1. The van der Waals surface area contributed by atoms with Gasteiger partial charge in [-0.1, -0.05) is 0 Å². The molecule has 3 rings (SSSR count). The summed E-state index contributed by atoms with van der Waals surface area (Å²) in [5.74, 6) is -1.59. The van der Waals surface area contributed by atoms with Gasteiger partial charge in [-0.05, 0) is 68.5 Å². The maximum absolute atomic E-state index is 13.4. The Labute approximate surface area is 191 Å². The minimum absolute atomic E-state index is 0.0568. The fourth-order valence-corrected chi connectivity index (χ4v) is 3.78. The number of hydrogen-bond acceptors (Lipinski definition) is 6. The number of carboxylic acid groups (broad SMARTS) is 1. The lowest BCUT2D eigenvalue weighted by molar-refractivity contribution is -0.213. The topological polar surface area (TPSA) is 103 Å². The van der Waals surface area contributed by atoms with Crippen LogP contribution in [0, 0.1) is 11.3 Å². The van der Waals surface area contributed by atoms with Crippen molar-refractivity contribution in [2.75, 3.05) is 16.4 Å². The van der Waals surface area contributed by atoms with Gasteiger partial charge in [-0.15, -0.1) is 0 Å². The fourth-order valence-electron chi connectivity index (χ4n) is 3.26. The Bertz CT molecular complexity index is 1160. The highest BCUT2D eigenvalue weighted by molar-refractivity contribution is 7.81. The Morgan fingerprint density at radius 1 is 1.18 bits per heavy atom. The summed E-state index contributed by atoms with van der Waals surface area (Å²) in [6.07, 6.45) is -4.79. The molecule has 1 aliphatic rings. The van der Waals surface area contributed by atoms with Gasteiger partial charge in [0.15, 0.2) is 17.5 Å². The van der Waals surface area contributed by atoms with E-state index in [9.17, 15) is 22.8 Å². The van der Waals surface area contributed by atoms with Crippen molar-refractivity contribution in [2.24, 2.45) is 0 Å². The van der Waals surface area contributed by atoms with E-state index in [-0.39, 0.29) is 16.5 Å². The van der Waals surface area contributed by atoms with E-state index in [4.69, 9.17) is 27.5 Å². The van der Waals surface area contributed by atoms with Crippen LogP contribution in [-0.2, 0) is 20.7 Å². The Balaban J connectivity index is 1.94. The third kappa shape index (κ3) is 4.59. The standard InChI is InChI=1S/C21H16F3N3O5S/c1-20(2)18(30)26(14-4-3-12(10-25)16(9-14)21(22,23)24)19(33)27(20)13-5-7-15(8-6-13)32-31-11-17(28)29/h3-9H,11H2,1-2H3,(H,28,29). The van der Waals surface area contributed by atoms with E-state index in [1.807, 2.05) is 0 Å². The molecule has 2 aromatic rings. The van der Waals surface area contributed by atoms with E-state index in [0.717, 1.165) is 17.0 Å². The summed E-state index contributed by atoms with van der Waals surface area (Å²) >= 11 is 5.44. The Kier molecular flexibility index (Phi) is 6.31. The number of benzene rings is 2. The average Bonchev–Trinajstić information content (AvgIpc) is 2.91. The number of amides is 1. The molecule has 0 unspecified atom stereocenters. The molecule has 0 atom stereocenters. The van der Waals surface area contributed by atoms with Crippen molar-refractivity contribution in [1.29, 1.82) is 5.26 Å². The van der Waals surface area contributed by atoms with Gasteiger partial charge in [0, 0.05) is 5.69 Å². The second-order valence-electron chi connectivity index (χ2n) is 7.39. The molecule has 1 N–H and O–H groups in total. The summed E-state index contributed by atoms with van der Waals surface area (Å²) in [6, 6.07) is 10.4. The lowest BCUT2D eigenvalue weighted by Gasteiger charge is -2.29. The highest BCUT2D eigenvalue weighted by atomic mass is 32.1. The van der Waals surface area contributed by atoms with Gasteiger partial charge in [-0.2, -0.15) is 23.3 Å². The van der Waals surface area contributed by atoms with Crippen LogP contribution in [0.15, 0.2) is 42.5 Å². The molecule has 1 saturated heterocycles. The number of carboxylic acids is 1. The molecule has 8 nitrogen and oxygen atoms in total. The Morgan fingerprint density at radius 3 is 2.33 bits per heavy atom. The van der Waals surface area contributed by atoms with E-state index in [1.54, 1.807) is 13.8 Å². The maximum Gasteiger partial charge on any atom is 0.417 e. The number of halogens is 3. The molecule has 0 saturated carbocycles. The van der Waals surface area contributed by atoms with Gasteiger partial charge in [-0.25, -0.2) is 4.79 Å². The van der Waals surface area contributed by atoms with Crippen LogP contribution in [0.3, 0.4) is 0 Å². The number of aliphatic carboxylic acids is 1. The Morgan fingerprint density at radius 2 is 1.79 bits per heavy atom. The molecule has 33 heavy (non-hydrogen) atoms. The van der Waals surface area contributed by atoms with Gasteiger partial charge < -0.3 is 14.9 Å². The number of carbonyl (C=O) groups is 2. The van der Waals surface area contributed by atoms with E-state index in [2.05, 4.69) is 4.89 Å². The molecule has 0 aliphatic carbocycles. The van der Waals surface area contributed by atoms with Gasteiger partial charge in [-0.3, -0.25) is 9.69 Å². The molecule has 172 valence electrons. The molecule has 1 fully saturated rings. The molecule has 0 bridgehead atoms. The first kappa shape index (κ1) is 24.0. The van der Waals surface area contributed by atoms with Crippen LogP contribution in [0.2, 0.25) is 0 Å². The third-order valence-corrected chi connectivity index (χ3v) is 5.15. The Hall–Kier alpha value is -3.69. The van der Waals surface area contributed by atoms with Crippen LogP contribution in [0.25, 0.3) is 0 Å². The van der Waals surface area contributed by atoms with Crippen molar-refractivity contribution in [3.63, 3.8) is 0 Å². The number of anilines is 2. The minimum Gasteiger partial charge on any atom is -0.479 e. The number of nitriles is 1. The first-order valence-corrected chi connectivity index (χ1v) is 9.70. The molecule has 2 aromatic carbocycles. The number of nitrogens with zero attached hydrogens (tertiary/aromatic N) is 3. The second kappa shape index (κ2) is 8.68. The zero-order valence-electron chi connectivity index (χ0n) is 17.2. The number of hydrogen-bond donors (Lipinski definition) is 1. The van der Waals surface area contributed by atoms with Gasteiger partial charge >= 0.3 is 12.1 Å². The van der Waals surface area contributed by atoms with E-state index in [0.29, 0.717) is 5.69 Å². The van der Waals surface area contributed by atoms with Crippen LogP contribution in [0.5, 0.6) is 5.75 Å². The van der Waals surface area contributed by atoms with Crippen molar-refractivity contribution >= 4 is 40.6 Å². The molecular weight excluding hydrogens is 463 g/mol. The molecule has 1 heterocycles. The molecule has 0 spiro atoms. The molecular formula is C21H16F3N3O5S. The first-order valence-electron chi connectivity index (χ1n) is 9.29. The normalized spacial score (nSPS) is 15.5. The van der Waals surface area contributed by atoms with Crippen molar-refractivity contribution < 1.29 is 37.6 Å². The zero-order chi connectivity index (χ0) is 24.6. The number of carbonyl (C=O) groups excluding carboxylic acids is 1. The van der Waals surface area contributed by atoms with Crippen LogP contribution in [0.4, 0.5) is 24.5 Å². The summed E-state index contributed by atoms with van der Waals surface area (Å²) in [5.41, 5.74) is -2.66. The van der Waals surface area contributed by atoms with Crippen LogP contribution < -0.4 is 14.7 Å². The molecule has 12 heteroatoms. The first-order chi connectivity index (χ1) is 15.4. The molecule has 1 amide bonds. The predicted molar refractivity (Wildman–Crippen MR) is 113 cm³/mol. The second-order valence-corrected chi connectivity index (χ2v) is 7.76. The fraction of sp³-hybridized carbons (Fsp3) is 0.238. The third-order valence-electron chi connectivity index (χ3n) is 4.79.